The van der Waals surface area contributed by atoms with Gasteiger partial charge in [-0.05, 0) is 43.0 Å². The van der Waals surface area contributed by atoms with Gasteiger partial charge in [0.05, 0.1) is 30.4 Å². The van der Waals surface area contributed by atoms with Crippen molar-refractivity contribution in [2.75, 3.05) is 18.5 Å². The lowest BCUT2D eigenvalue weighted by molar-refractivity contribution is -0.137. The highest BCUT2D eigenvalue weighted by Crippen LogP contribution is 2.49. The summed E-state index contributed by atoms with van der Waals surface area (Å²) in [6.07, 6.45) is -1.19. The molecule has 0 radical (unpaired) electrons. The lowest BCUT2D eigenvalue weighted by Crippen LogP contribution is -2.28. The molecule has 6 nitrogen and oxygen atoms in total. The first kappa shape index (κ1) is 18.6. The van der Waals surface area contributed by atoms with Gasteiger partial charge in [0, 0.05) is 24.2 Å². The molecule has 3 aliphatic rings. The highest BCUT2D eigenvalue weighted by Gasteiger charge is 2.48. The van der Waals surface area contributed by atoms with Gasteiger partial charge in [-0.25, -0.2) is 0 Å². The van der Waals surface area contributed by atoms with Gasteiger partial charge in [-0.2, -0.15) is 13.2 Å². The molecule has 1 aliphatic carbocycles. The molecule has 2 N–H and O–H groups in total. The second-order valence-electron chi connectivity index (χ2n) is 7.94. The molecule has 1 aromatic heterocycles. The zero-order chi connectivity index (χ0) is 20.2. The van der Waals surface area contributed by atoms with Crippen molar-refractivity contribution in [2.45, 2.75) is 50.1 Å². The van der Waals surface area contributed by atoms with Crippen LogP contribution in [0.1, 0.15) is 36.0 Å². The van der Waals surface area contributed by atoms with Gasteiger partial charge in [-0.3, -0.25) is 0 Å². The van der Waals surface area contributed by atoms with Gasteiger partial charge in [0.25, 0.3) is 0 Å². The number of halogens is 3. The average molecular weight is 407 g/mol. The summed E-state index contributed by atoms with van der Waals surface area (Å²) in [5.41, 5.74) is 1.25. The third-order valence-corrected chi connectivity index (χ3v) is 5.87. The number of benzene rings is 1. The molecule has 0 bridgehead atoms. The van der Waals surface area contributed by atoms with Crippen LogP contribution in [0.4, 0.5) is 19.0 Å². The molecular formula is C20H20F3N3O3. The smallest absolute Gasteiger partial charge is 0.416 e. The minimum Gasteiger partial charge on any atom is -0.507 e. The van der Waals surface area contributed by atoms with E-state index in [1.165, 1.54) is 6.07 Å². The standard InChI is InChI=1S/C20H20F3N3O3/c21-20(22,23)11-1-2-13(16(27)7-11)17-14-8-19(4-5-19)29-10-15(14)18(26-25-17)24-12-3-6-28-9-12/h1-2,7,12,27H,3-6,8-10H2,(H,24,26)/t12-/m1/s1. The number of nitrogens with zero attached hydrogens (tertiary/aromatic N) is 2. The molecule has 3 heterocycles. The van der Waals surface area contributed by atoms with Gasteiger partial charge in [-0.1, -0.05) is 0 Å². The van der Waals surface area contributed by atoms with Crippen molar-refractivity contribution in [3.8, 4) is 17.0 Å². The van der Waals surface area contributed by atoms with Crippen LogP contribution in [-0.2, 0) is 28.7 Å². The van der Waals surface area contributed by atoms with Gasteiger partial charge < -0.3 is 19.9 Å². The zero-order valence-electron chi connectivity index (χ0n) is 15.6. The molecule has 1 saturated carbocycles. The van der Waals surface area contributed by atoms with Crippen molar-refractivity contribution in [3.63, 3.8) is 0 Å². The third kappa shape index (κ3) is 3.42. The molecule has 0 unspecified atom stereocenters. The third-order valence-electron chi connectivity index (χ3n) is 5.87. The number of phenols is 1. The molecule has 154 valence electrons. The second kappa shape index (κ2) is 6.56. The molecular weight excluding hydrogens is 387 g/mol. The van der Waals surface area contributed by atoms with E-state index in [4.69, 9.17) is 9.47 Å². The number of hydrogen-bond acceptors (Lipinski definition) is 6. The topological polar surface area (TPSA) is 76.5 Å². The van der Waals surface area contributed by atoms with Gasteiger partial charge in [0.2, 0.25) is 0 Å². The van der Waals surface area contributed by atoms with Crippen LogP contribution in [-0.4, -0.2) is 40.2 Å². The Labute approximate surface area is 165 Å². The number of rotatable bonds is 3. The van der Waals surface area contributed by atoms with E-state index in [2.05, 4.69) is 15.5 Å². The molecule has 5 rings (SSSR count). The highest BCUT2D eigenvalue weighted by atomic mass is 19.4. The number of nitrogens with one attached hydrogen (secondary N) is 1. The maximum Gasteiger partial charge on any atom is 0.416 e. The van der Waals surface area contributed by atoms with E-state index >= 15 is 0 Å². The Bertz CT molecular complexity index is 954. The number of aromatic nitrogens is 2. The quantitative estimate of drug-likeness (QED) is 0.809. The number of ether oxygens (including phenoxy) is 2. The molecule has 1 aromatic carbocycles. The lowest BCUT2D eigenvalue weighted by atomic mass is 9.93. The van der Waals surface area contributed by atoms with Crippen molar-refractivity contribution >= 4 is 5.82 Å². The van der Waals surface area contributed by atoms with Crippen LogP contribution >= 0.6 is 0 Å². The minimum absolute atomic E-state index is 0.135. The first-order valence-corrected chi connectivity index (χ1v) is 9.62. The summed E-state index contributed by atoms with van der Waals surface area (Å²) in [6, 6.07) is 3.08. The van der Waals surface area contributed by atoms with Gasteiger partial charge in [0.15, 0.2) is 5.82 Å². The fourth-order valence-corrected chi connectivity index (χ4v) is 3.99. The van der Waals surface area contributed by atoms with Crippen molar-refractivity contribution in [3.05, 3.63) is 34.9 Å². The molecule has 2 aromatic rings. The first-order chi connectivity index (χ1) is 13.8. The zero-order valence-corrected chi connectivity index (χ0v) is 15.6. The summed E-state index contributed by atoms with van der Waals surface area (Å²) in [5.74, 6) is 0.152. The molecule has 2 aliphatic heterocycles. The van der Waals surface area contributed by atoms with Crippen LogP contribution < -0.4 is 5.32 Å². The van der Waals surface area contributed by atoms with E-state index in [1.807, 2.05) is 0 Å². The van der Waals surface area contributed by atoms with Gasteiger partial charge in [-0.15, -0.1) is 10.2 Å². The molecule has 29 heavy (non-hydrogen) atoms. The van der Waals surface area contributed by atoms with Crippen LogP contribution in [0, 0.1) is 0 Å². The number of aromatic hydroxyl groups is 1. The molecule has 1 spiro atoms. The largest absolute Gasteiger partial charge is 0.507 e. The Morgan fingerprint density at radius 2 is 2.00 bits per heavy atom. The molecule has 1 atom stereocenters. The SMILES string of the molecule is Oc1cc(C(F)(F)F)ccc1-c1nnc(N[C@@H]2CCOC2)c2c1CC1(CC1)OC2. The number of fused-ring (bicyclic) bond motifs is 1. The van der Waals surface area contributed by atoms with Gasteiger partial charge in [0.1, 0.15) is 11.4 Å². The van der Waals surface area contributed by atoms with Crippen molar-refractivity contribution < 1.29 is 27.8 Å². The van der Waals surface area contributed by atoms with E-state index in [0.717, 1.165) is 42.5 Å². The molecule has 1 saturated heterocycles. The van der Waals surface area contributed by atoms with Crippen molar-refractivity contribution in [2.24, 2.45) is 0 Å². The maximum atomic E-state index is 13.0. The number of alkyl halides is 3. The summed E-state index contributed by atoms with van der Waals surface area (Å²) in [7, 11) is 0. The van der Waals surface area contributed by atoms with Crippen molar-refractivity contribution in [1.29, 1.82) is 0 Å². The summed E-state index contributed by atoms with van der Waals surface area (Å²) in [4.78, 5) is 0. The van der Waals surface area contributed by atoms with E-state index in [0.29, 0.717) is 37.8 Å². The van der Waals surface area contributed by atoms with Crippen molar-refractivity contribution in [1.82, 2.24) is 10.2 Å². The van der Waals surface area contributed by atoms with Crippen LogP contribution in [0.25, 0.3) is 11.3 Å². The van der Waals surface area contributed by atoms with E-state index in [9.17, 15) is 18.3 Å². The Kier molecular flexibility index (Phi) is 4.22. The fourth-order valence-electron chi connectivity index (χ4n) is 3.99. The van der Waals surface area contributed by atoms with E-state index < -0.39 is 17.5 Å². The number of phenolic OH excluding ortho intramolecular Hbond substituents is 1. The van der Waals surface area contributed by atoms with Crippen LogP contribution in [0.5, 0.6) is 5.75 Å². The normalized spacial score (nSPS) is 22.5. The summed E-state index contributed by atoms with van der Waals surface area (Å²) < 4.78 is 50.3. The highest BCUT2D eigenvalue weighted by molar-refractivity contribution is 5.73. The fraction of sp³-hybridized carbons (Fsp3) is 0.500. The predicted molar refractivity (Wildman–Crippen MR) is 97.4 cm³/mol. The molecule has 9 heteroatoms. The number of anilines is 1. The Balaban J connectivity index is 1.56. The first-order valence-electron chi connectivity index (χ1n) is 9.62. The average Bonchev–Trinajstić information content (AvgIpc) is 3.21. The maximum absolute atomic E-state index is 13.0. The van der Waals surface area contributed by atoms with Gasteiger partial charge >= 0.3 is 6.18 Å². The van der Waals surface area contributed by atoms with Crippen LogP contribution in [0.2, 0.25) is 0 Å². The Morgan fingerprint density at radius 3 is 2.66 bits per heavy atom. The summed E-state index contributed by atoms with van der Waals surface area (Å²) >= 11 is 0. The van der Waals surface area contributed by atoms with Crippen LogP contribution in [0.3, 0.4) is 0 Å². The molecule has 0 amide bonds. The second-order valence-corrected chi connectivity index (χ2v) is 7.94. The summed E-state index contributed by atoms with van der Waals surface area (Å²) in [6.45, 7) is 1.63. The molecule has 2 fully saturated rings. The summed E-state index contributed by atoms with van der Waals surface area (Å²) in [5, 5.41) is 22.3. The lowest BCUT2D eigenvalue weighted by Gasteiger charge is -2.28. The predicted octanol–water partition coefficient (Wildman–Crippen LogP) is 3.67. The Morgan fingerprint density at radius 1 is 1.17 bits per heavy atom. The Hall–Kier alpha value is -2.39. The number of hydrogen-bond donors (Lipinski definition) is 2. The van der Waals surface area contributed by atoms with Crippen LogP contribution in [0.15, 0.2) is 18.2 Å². The van der Waals surface area contributed by atoms with E-state index in [1.54, 1.807) is 0 Å². The monoisotopic (exact) mass is 407 g/mol. The minimum atomic E-state index is -4.52. The van der Waals surface area contributed by atoms with E-state index in [-0.39, 0.29) is 17.2 Å².